The number of aryl methyl sites for hydroxylation is 1. The van der Waals surface area contributed by atoms with Gasteiger partial charge in [0.2, 0.25) is 0 Å². The van der Waals surface area contributed by atoms with E-state index in [1.54, 1.807) is 12.1 Å². The van der Waals surface area contributed by atoms with Gasteiger partial charge in [-0.15, -0.1) is 0 Å². The Hall–Kier alpha value is -1.75. The molecule has 0 aliphatic heterocycles. The topological polar surface area (TPSA) is 47.3 Å². The number of anilines is 3. The third-order valence-electron chi connectivity index (χ3n) is 2.90. The highest BCUT2D eigenvalue weighted by molar-refractivity contribution is 9.10. The number of nitrogen functional groups attached to an aromatic ring is 1. The average Bonchev–Trinajstić information content (AvgIpc) is 2.40. The summed E-state index contributed by atoms with van der Waals surface area (Å²) in [5.41, 5.74) is 8.84. The van der Waals surface area contributed by atoms with Crippen molar-refractivity contribution in [2.24, 2.45) is 0 Å². The molecule has 106 valence electrons. The molecule has 2 aromatic rings. The van der Waals surface area contributed by atoms with Gasteiger partial charge in [-0.1, -0.05) is 6.07 Å². The number of benzene rings is 2. The summed E-state index contributed by atoms with van der Waals surface area (Å²) in [6.45, 7) is 4.34. The van der Waals surface area contributed by atoms with Crippen molar-refractivity contribution in [3.05, 3.63) is 46.2 Å². The van der Waals surface area contributed by atoms with E-state index in [0.717, 1.165) is 5.56 Å². The van der Waals surface area contributed by atoms with Crippen molar-refractivity contribution in [2.75, 3.05) is 17.7 Å². The number of nitrogens with two attached hydrogens (primary N) is 1. The minimum atomic E-state index is -0.322. The molecule has 0 atom stereocenters. The highest BCUT2D eigenvalue weighted by Gasteiger charge is 2.09. The lowest BCUT2D eigenvalue weighted by Gasteiger charge is -2.15. The summed E-state index contributed by atoms with van der Waals surface area (Å²) >= 11 is 3.16. The van der Waals surface area contributed by atoms with Crippen molar-refractivity contribution in [3.63, 3.8) is 0 Å². The van der Waals surface area contributed by atoms with Crippen molar-refractivity contribution in [1.29, 1.82) is 0 Å². The van der Waals surface area contributed by atoms with Crippen LogP contribution in [0.25, 0.3) is 0 Å². The molecular formula is C15H16BrFN2O. The van der Waals surface area contributed by atoms with Gasteiger partial charge in [-0.3, -0.25) is 0 Å². The van der Waals surface area contributed by atoms with Crippen LogP contribution in [0.4, 0.5) is 21.5 Å². The Balaban J connectivity index is 2.35. The van der Waals surface area contributed by atoms with Gasteiger partial charge in [0, 0.05) is 5.69 Å². The first-order valence-corrected chi connectivity index (χ1v) is 7.06. The van der Waals surface area contributed by atoms with Crippen LogP contribution in [0, 0.1) is 12.7 Å². The van der Waals surface area contributed by atoms with Crippen LogP contribution in [-0.2, 0) is 0 Å². The third-order valence-corrected chi connectivity index (χ3v) is 3.51. The van der Waals surface area contributed by atoms with E-state index in [1.807, 2.05) is 26.0 Å². The quantitative estimate of drug-likeness (QED) is 0.799. The molecule has 0 saturated heterocycles. The minimum Gasteiger partial charge on any atom is -0.492 e. The molecule has 2 aromatic carbocycles. The Morgan fingerprint density at radius 2 is 2.05 bits per heavy atom. The summed E-state index contributed by atoms with van der Waals surface area (Å²) in [7, 11) is 0. The molecule has 0 saturated carbocycles. The summed E-state index contributed by atoms with van der Waals surface area (Å²) in [5, 5.41) is 3.14. The summed E-state index contributed by atoms with van der Waals surface area (Å²) in [5.74, 6) is 0.297. The molecule has 20 heavy (non-hydrogen) atoms. The van der Waals surface area contributed by atoms with Gasteiger partial charge in [0.1, 0.15) is 11.6 Å². The third kappa shape index (κ3) is 3.04. The molecule has 3 N–H and O–H groups in total. The van der Waals surface area contributed by atoms with Crippen molar-refractivity contribution in [2.45, 2.75) is 13.8 Å². The number of para-hydroxylation sites is 1. The van der Waals surface area contributed by atoms with Crippen LogP contribution in [-0.4, -0.2) is 6.61 Å². The highest BCUT2D eigenvalue weighted by atomic mass is 79.9. The fraction of sp³-hybridized carbons (Fsp3) is 0.200. The molecule has 0 aliphatic rings. The van der Waals surface area contributed by atoms with Gasteiger partial charge < -0.3 is 15.8 Å². The standard InChI is InChI=1S/C15H16BrFN2O/c1-3-20-14-6-4-5-12(15(14)18)19-13-8-11(17)10(16)7-9(13)2/h4-8,19H,3,18H2,1-2H3. The second-order valence-corrected chi connectivity index (χ2v) is 5.21. The first-order chi connectivity index (χ1) is 9.52. The number of hydrogen-bond donors (Lipinski definition) is 2. The van der Waals surface area contributed by atoms with E-state index in [4.69, 9.17) is 10.5 Å². The van der Waals surface area contributed by atoms with E-state index in [-0.39, 0.29) is 5.82 Å². The van der Waals surface area contributed by atoms with Crippen molar-refractivity contribution in [1.82, 2.24) is 0 Å². The predicted molar refractivity (Wildman–Crippen MR) is 84.1 cm³/mol. The van der Waals surface area contributed by atoms with Crippen molar-refractivity contribution < 1.29 is 9.13 Å². The van der Waals surface area contributed by atoms with Gasteiger partial charge in [0.15, 0.2) is 0 Å². The van der Waals surface area contributed by atoms with Gasteiger partial charge in [-0.05, 0) is 59.6 Å². The second kappa shape index (κ2) is 6.13. The molecule has 0 unspecified atom stereocenters. The zero-order valence-corrected chi connectivity index (χ0v) is 12.9. The van der Waals surface area contributed by atoms with Crippen LogP contribution in [0.5, 0.6) is 5.75 Å². The van der Waals surface area contributed by atoms with Crippen LogP contribution in [0.3, 0.4) is 0 Å². The summed E-state index contributed by atoms with van der Waals surface area (Å²) < 4.78 is 19.5. The monoisotopic (exact) mass is 338 g/mol. The Morgan fingerprint density at radius 3 is 2.75 bits per heavy atom. The molecule has 0 fully saturated rings. The van der Waals surface area contributed by atoms with Crippen molar-refractivity contribution >= 4 is 33.0 Å². The summed E-state index contributed by atoms with van der Waals surface area (Å²) in [6, 6.07) is 8.64. The van der Waals surface area contributed by atoms with Gasteiger partial charge in [-0.25, -0.2) is 4.39 Å². The van der Waals surface area contributed by atoms with Crippen LogP contribution < -0.4 is 15.8 Å². The molecule has 0 aromatic heterocycles. The minimum absolute atomic E-state index is 0.322. The number of hydrogen-bond acceptors (Lipinski definition) is 3. The van der Waals surface area contributed by atoms with E-state index in [0.29, 0.717) is 33.9 Å². The number of nitrogens with one attached hydrogen (secondary N) is 1. The molecule has 0 radical (unpaired) electrons. The molecule has 2 rings (SSSR count). The fourth-order valence-electron chi connectivity index (χ4n) is 1.86. The molecule has 0 aliphatic carbocycles. The van der Waals surface area contributed by atoms with Crippen LogP contribution >= 0.6 is 15.9 Å². The maximum atomic E-state index is 13.6. The van der Waals surface area contributed by atoms with Crippen LogP contribution in [0.2, 0.25) is 0 Å². The van der Waals surface area contributed by atoms with Gasteiger partial charge >= 0.3 is 0 Å². The van der Waals surface area contributed by atoms with E-state index >= 15 is 0 Å². The summed E-state index contributed by atoms with van der Waals surface area (Å²) in [4.78, 5) is 0. The predicted octanol–water partition coefficient (Wildman–Crippen LogP) is 4.62. The molecular weight excluding hydrogens is 323 g/mol. The maximum Gasteiger partial charge on any atom is 0.144 e. The molecule has 0 amide bonds. The maximum absolute atomic E-state index is 13.6. The number of halogens is 2. The highest BCUT2D eigenvalue weighted by Crippen LogP contribution is 2.33. The Bertz CT molecular complexity index is 632. The van der Waals surface area contributed by atoms with E-state index in [2.05, 4.69) is 21.2 Å². The normalized spacial score (nSPS) is 10.4. The van der Waals surface area contributed by atoms with Crippen molar-refractivity contribution in [3.8, 4) is 5.75 Å². The fourth-order valence-corrected chi connectivity index (χ4v) is 2.32. The lowest BCUT2D eigenvalue weighted by molar-refractivity contribution is 0.342. The van der Waals surface area contributed by atoms with Crippen LogP contribution in [0.15, 0.2) is 34.8 Å². The summed E-state index contributed by atoms with van der Waals surface area (Å²) in [6.07, 6.45) is 0. The number of ether oxygens (including phenoxy) is 1. The zero-order chi connectivity index (χ0) is 14.7. The second-order valence-electron chi connectivity index (χ2n) is 4.36. The van der Waals surface area contributed by atoms with Gasteiger partial charge in [0.25, 0.3) is 0 Å². The van der Waals surface area contributed by atoms with Gasteiger partial charge in [-0.2, -0.15) is 0 Å². The molecule has 0 bridgehead atoms. The van der Waals surface area contributed by atoms with Gasteiger partial charge in [0.05, 0.1) is 22.5 Å². The van der Waals surface area contributed by atoms with Crippen LogP contribution in [0.1, 0.15) is 12.5 Å². The zero-order valence-electron chi connectivity index (χ0n) is 11.3. The first-order valence-electron chi connectivity index (χ1n) is 6.27. The number of rotatable bonds is 4. The average molecular weight is 339 g/mol. The molecule has 0 spiro atoms. The van der Waals surface area contributed by atoms with E-state index in [9.17, 15) is 4.39 Å². The molecule has 0 heterocycles. The molecule has 3 nitrogen and oxygen atoms in total. The Labute approximate surface area is 126 Å². The first kappa shape index (κ1) is 14.7. The Morgan fingerprint density at radius 1 is 1.30 bits per heavy atom. The largest absolute Gasteiger partial charge is 0.492 e. The smallest absolute Gasteiger partial charge is 0.144 e. The Kier molecular flexibility index (Phi) is 4.49. The molecule has 5 heteroatoms. The lowest BCUT2D eigenvalue weighted by atomic mass is 10.1. The lowest BCUT2D eigenvalue weighted by Crippen LogP contribution is -2.02. The SMILES string of the molecule is CCOc1cccc(Nc2cc(F)c(Br)cc2C)c1N. The van der Waals surface area contributed by atoms with E-state index in [1.165, 1.54) is 6.07 Å². The van der Waals surface area contributed by atoms with E-state index < -0.39 is 0 Å².